The van der Waals surface area contributed by atoms with Crippen LogP contribution < -0.4 is 5.32 Å². The highest BCUT2D eigenvalue weighted by molar-refractivity contribution is 5.80. The van der Waals surface area contributed by atoms with E-state index in [1.165, 1.54) is 12.1 Å². The number of halogens is 1. The first-order chi connectivity index (χ1) is 12.2. The third-order valence-corrected chi connectivity index (χ3v) is 4.41. The van der Waals surface area contributed by atoms with Gasteiger partial charge in [-0.3, -0.25) is 4.99 Å². The van der Waals surface area contributed by atoms with Gasteiger partial charge in [0.2, 0.25) is 0 Å². The number of aliphatic imine (C=N–C) groups is 1. The molecule has 5 nitrogen and oxygen atoms in total. The molecule has 1 aliphatic rings. The van der Waals surface area contributed by atoms with Gasteiger partial charge in [0.25, 0.3) is 0 Å². The summed E-state index contributed by atoms with van der Waals surface area (Å²) in [5.41, 5.74) is 0.929. The number of hydrogen-bond acceptors (Lipinski definition) is 3. The maximum Gasteiger partial charge on any atom is 0.194 e. The Kier molecular flexibility index (Phi) is 8.15. The molecular formula is C19H30FN3O2. The smallest absolute Gasteiger partial charge is 0.194 e. The number of nitrogens with one attached hydrogen (secondary N) is 1. The number of hydrogen-bond donors (Lipinski definition) is 1. The summed E-state index contributed by atoms with van der Waals surface area (Å²) in [7, 11) is 1.66. The predicted molar refractivity (Wildman–Crippen MR) is 98.3 cm³/mol. The van der Waals surface area contributed by atoms with Gasteiger partial charge in [0, 0.05) is 33.4 Å². The Balaban J connectivity index is 1.99. The number of methoxy groups -OCH3 is 1. The number of nitrogens with zero attached hydrogens (tertiary/aromatic N) is 2. The largest absolute Gasteiger partial charge is 0.378 e. The normalized spacial score (nSPS) is 17.6. The second kappa shape index (κ2) is 10.4. The Morgan fingerprint density at radius 3 is 2.52 bits per heavy atom. The number of likely N-dealkylation sites (tertiary alicyclic amines) is 1. The van der Waals surface area contributed by atoms with Crippen LogP contribution in [0.4, 0.5) is 4.39 Å². The van der Waals surface area contributed by atoms with Gasteiger partial charge in [-0.05, 0) is 44.4 Å². The van der Waals surface area contributed by atoms with Crippen LogP contribution in [0, 0.1) is 5.82 Å². The molecule has 1 aromatic rings. The number of benzene rings is 1. The van der Waals surface area contributed by atoms with Crippen molar-refractivity contribution < 1.29 is 13.9 Å². The molecule has 0 saturated carbocycles. The molecule has 0 spiro atoms. The highest BCUT2D eigenvalue weighted by Crippen LogP contribution is 2.18. The first-order valence-corrected chi connectivity index (χ1v) is 9.11. The van der Waals surface area contributed by atoms with Crippen LogP contribution >= 0.6 is 0 Å². The summed E-state index contributed by atoms with van der Waals surface area (Å²) in [5, 5.41) is 3.36. The first kappa shape index (κ1) is 19.7. The Bertz CT molecular complexity index is 528. The van der Waals surface area contributed by atoms with Crippen LogP contribution in [0.15, 0.2) is 29.3 Å². The van der Waals surface area contributed by atoms with Crippen LogP contribution in [0.3, 0.4) is 0 Å². The van der Waals surface area contributed by atoms with Crippen molar-refractivity contribution in [1.29, 1.82) is 0 Å². The number of piperidine rings is 1. The lowest BCUT2D eigenvalue weighted by Crippen LogP contribution is -2.47. The fraction of sp³-hybridized carbons (Fsp3) is 0.632. The summed E-state index contributed by atoms with van der Waals surface area (Å²) in [4.78, 5) is 7.02. The monoisotopic (exact) mass is 351 g/mol. The molecule has 0 aromatic heterocycles. The van der Waals surface area contributed by atoms with Crippen LogP contribution in [0.1, 0.15) is 38.4 Å². The predicted octanol–water partition coefficient (Wildman–Crippen LogP) is 2.98. The van der Waals surface area contributed by atoms with E-state index in [4.69, 9.17) is 14.5 Å². The molecule has 1 aliphatic heterocycles. The molecule has 1 atom stereocenters. The molecule has 1 saturated heterocycles. The van der Waals surface area contributed by atoms with E-state index in [1.807, 2.05) is 6.92 Å². The number of rotatable bonds is 7. The quantitative estimate of drug-likeness (QED) is 0.606. The molecule has 1 heterocycles. The second-order valence-corrected chi connectivity index (χ2v) is 6.11. The molecule has 25 heavy (non-hydrogen) atoms. The molecule has 140 valence electrons. The lowest BCUT2D eigenvalue weighted by atomic mass is 10.1. The van der Waals surface area contributed by atoms with Gasteiger partial charge < -0.3 is 19.7 Å². The summed E-state index contributed by atoms with van der Waals surface area (Å²) in [6, 6.07) is 6.41. The van der Waals surface area contributed by atoms with Crippen molar-refractivity contribution in [2.75, 3.05) is 39.9 Å². The fourth-order valence-electron chi connectivity index (χ4n) is 3.06. The van der Waals surface area contributed by atoms with Crippen LogP contribution in [-0.2, 0) is 9.47 Å². The molecule has 1 N–H and O–H groups in total. The Labute approximate surface area is 150 Å². The summed E-state index contributed by atoms with van der Waals surface area (Å²) >= 11 is 0. The van der Waals surface area contributed by atoms with Crippen molar-refractivity contribution in [3.63, 3.8) is 0 Å². The zero-order valence-corrected chi connectivity index (χ0v) is 15.5. The highest BCUT2D eigenvalue weighted by Gasteiger charge is 2.22. The lowest BCUT2D eigenvalue weighted by molar-refractivity contribution is 0.0263. The van der Waals surface area contributed by atoms with Crippen molar-refractivity contribution in [2.24, 2.45) is 4.99 Å². The summed E-state index contributed by atoms with van der Waals surface area (Å²) in [6.45, 7) is 8.06. The van der Waals surface area contributed by atoms with E-state index in [-0.39, 0.29) is 11.9 Å². The molecule has 6 heteroatoms. The molecule has 1 unspecified atom stereocenters. The molecular weight excluding hydrogens is 321 g/mol. The average Bonchev–Trinajstić information content (AvgIpc) is 2.63. The van der Waals surface area contributed by atoms with Crippen LogP contribution in [-0.4, -0.2) is 56.9 Å². The van der Waals surface area contributed by atoms with Gasteiger partial charge in [-0.25, -0.2) is 4.39 Å². The van der Waals surface area contributed by atoms with Gasteiger partial charge in [0.15, 0.2) is 5.96 Å². The Morgan fingerprint density at radius 2 is 1.96 bits per heavy atom. The van der Waals surface area contributed by atoms with Gasteiger partial charge in [0.05, 0.1) is 12.6 Å². The van der Waals surface area contributed by atoms with Gasteiger partial charge in [0.1, 0.15) is 11.9 Å². The molecule has 0 amide bonds. The second-order valence-electron chi connectivity index (χ2n) is 6.11. The van der Waals surface area contributed by atoms with Crippen molar-refractivity contribution in [3.8, 4) is 0 Å². The summed E-state index contributed by atoms with van der Waals surface area (Å²) < 4.78 is 24.4. The number of ether oxygens (including phenoxy) is 2. The molecule has 0 aliphatic carbocycles. The Morgan fingerprint density at radius 1 is 1.28 bits per heavy atom. The third kappa shape index (κ3) is 5.97. The average molecular weight is 351 g/mol. The summed E-state index contributed by atoms with van der Waals surface area (Å²) in [6.07, 6.45) is 2.21. The van der Waals surface area contributed by atoms with Crippen molar-refractivity contribution in [2.45, 2.75) is 38.9 Å². The summed E-state index contributed by atoms with van der Waals surface area (Å²) in [5.74, 6) is 0.661. The minimum atomic E-state index is -0.243. The number of guanidine groups is 1. The lowest BCUT2D eigenvalue weighted by Gasteiger charge is -2.34. The maximum absolute atomic E-state index is 13.1. The third-order valence-electron chi connectivity index (χ3n) is 4.41. The van der Waals surface area contributed by atoms with E-state index in [2.05, 4.69) is 17.1 Å². The van der Waals surface area contributed by atoms with E-state index < -0.39 is 0 Å². The zero-order chi connectivity index (χ0) is 18.1. The SMILES string of the molecule is CCNC(=NCC(OC)c1ccc(F)cc1)N1CCC(OCC)CC1. The van der Waals surface area contributed by atoms with E-state index in [9.17, 15) is 4.39 Å². The van der Waals surface area contributed by atoms with Gasteiger partial charge in [-0.15, -0.1) is 0 Å². The zero-order valence-electron chi connectivity index (χ0n) is 15.5. The van der Waals surface area contributed by atoms with E-state index in [1.54, 1.807) is 19.2 Å². The molecule has 0 radical (unpaired) electrons. The van der Waals surface area contributed by atoms with Crippen molar-refractivity contribution in [1.82, 2.24) is 10.2 Å². The van der Waals surface area contributed by atoms with Crippen molar-refractivity contribution >= 4 is 5.96 Å². The first-order valence-electron chi connectivity index (χ1n) is 9.11. The van der Waals surface area contributed by atoms with E-state index in [0.717, 1.165) is 50.6 Å². The van der Waals surface area contributed by atoms with Gasteiger partial charge >= 0.3 is 0 Å². The Hall–Kier alpha value is -1.66. The molecule has 0 bridgehead atoms. The molecule has 2 rings (SSSR count). The fourth-order valence-corrected chi connectivity index (χ4v) is 3.06. The maximum atomic E-state index is 13.1. The highest BCUT2D eigenvalue weighted by atomic mass is 19.1. The van der Waals surface area contributed by atoms with Gasteiger partial charge in [-0.2, -0.15) is 0 Å². The standard InChI is InChI=1S/C19H30FN3O2/c1-4-21-19(23-12-10-17(11-13-23)25-5-2)22-14-18(24-3)15-6-8-16(20)9-7-15/h6-9,17-18H,4-5,10-14H2,1-3H3,(H,21,22). The molecule has 1 fully saturated rings. The van der Waals surface area contributed by atoms with Crippen molar-refractivity contribution in [3.05, 3.63) is 35.6 Å². The van der Waals surface area contributed by atoms with E-state index in [0.29, 0.717) is 12.6 Å². The molecule has 1 aromatic carbocycles. The van der Waals surface area contributed by atoms with Gasteiger partial charge in [-0.1, -0.05) is 12.1 Å². The topological polar surface area (TPSA) is 46.1 Å². The minimum Gasteiger partial charge on any atom is -0.378 e. The van der Waals surface area contributed by atoms with Crippen LogP contribution in [0.2, 0.25) is 0 Å². The van der Waals surface area contributed by atoms with E-state index >= 15 is 0 Å². The minimum absolute atomic E-state index is 0.185. The van der Waals surface area contributed by atoms with Crippen LogP contribution in [0.5, 0.6) is 0 Å². The van der Waals surface area contributed by atoms with Crippen LogP contribution in [0.25, 0.3) is 0 Å².